The number of hydrogen-bond acceptors (Lipinski definition) is 2. The molecule has 1 atom stereocenters. The number of pyridine rings is 1. The molecule has 1 heterocycles. The van der Waals surface area contributed by atoms with E-state index < -0.39 is 0 Å². The minimum absolute atomic E-state index is 0.252. The van der Waals surface area contributed by atoms with E-state index in [0.717, 1.165) is 28.0 Å². The van der Waals surface area contributed by atoms with Gasteiger partial charge in [-0.2, -0.15) is 0 Å². The third-order valence-electron chi connectivity index (χ3n) is 2.98. The van der Waals surface area contributed by atoms with Crippen LogP contribution in [0.4, 0.5) is 0 Å². The Morgan fingerprint density at radius 3 is 2.89 bits per heavy atom. The van der Waals surface area contributed by atoms with Gasteiger partial charge in [0.2, 0.25) is 0 Å². The van der Waals surface area contributed by atoms with Gasteiger partial charge in [0.25, 0.3) is 0 Å². The van der Waals surface area contributed by atoms with E-state index in [-0.39, 0.29) is 6.04 Å². The van der Waals surface area contributed by atoms with Crippen LogP contribution in [0.25, 0.3) is 0 Å². The lowest BCUT2D eigenvalue weighted by atomic mass is 9.99. The van der Waals surface area contributed by atoms with Crippen LogP contribution in [0, 0.1) is 0 Å². The quantitative estimate of drug-likeness (QED) is 0.874. The number of nitrogens with one attached hydrogen (secondary N) is 1. The molecule has 4 heteroatoms. The predicted molar refractivity (Wildman–Crippen MR) is 83.5 cm³/mol. The maximum Gasteiger partial charge on any atom is 0.0622 e. The summed E-state index contributed by atoms with van der Waals surface area (Å²) in [5, 5.41) is 4.22. The molecule has 0 saturated carbocycles. The largest absolute Gasteiger partial charge is 0.310 e. The Morgan fingerprint density at radius 1 is 1.37 bits per heavy atom. The van der Waals surface area contributed by atoms with Crippen molar-refractivity contribution in [2.45, 2.75) is 19.4 Å². The number of halogens is 2. The maximum absolute atomic E-state index is 6.19. The highest BCUT2D eigenvalue weighted by atomic mass is 79.9. The molecule has 1 N–H and O–H groups in total. The number of rotatable bonds is 5. The minimum atomic E-state index is 0.252. The van der Waals surface area contributed by atoms with Gasteiger partial charge in [-0.25, -0.2) is 0 Å². The number of nitrogens with zero attached hydrogens (tertiary/aromatic N) is 1. The summed E-state index contributed by atoms with van der Waals surface area (Å²) in [6.07, 6.45) is 4.33. The van der Waals surface area contributed by atoms with Crippen LogP contribution < -0.4 is 5.32 Å². The van der Waals surface area contributed by atoms with Gasteiger partial charge in [-0.1, -0.05) is 46.6 Å². The van der Waals surface area contributed by atoms with Crippen molar-refractivity contribution in [2.24, 2.45) is 0 Å². The number of benzene rings is 1. The van der Waals surface area contributed by atoms with Crippen molar-refractivity contribution in [3.8, 4) is 0 Å². The summed E-state index contributed by atoms with van der Waals surface area (Å²) in [6.45, 7) is 3.03. The molecule has 0 aliphatic carbocycles. The lowest BCUT2D eigenvalue weighted by Gasteiger charge is -2.19. The van der Waals surface area contributed by atoms with Gasteiger partial charge in [-0.15, -0.1) is 0 Å². The standard InChI is InChI=1S/C15H16BrClN2/c1-2-19-15(12-4-3-5-13(16)8-12)9-11-6-7-18-10-14(11)17/h3-8,10,15,19H,2,9H2,1H3. The topological polar surface area (TPSA) is 24.9 Å². The second-order valence-corrected chi connectivity index (χ2v) is 5.66. The van der Waals surface area contributed by atoms with Gasteiger partial charge >= 0.3 is 0 Å². The van der Waals surface area contributed by atoms with Crippen molar-refractivity contribution >= 4 is 27.5 Å². The maximum atomic E-state index is 6.19. The summed E-state index contributed by atoms with van der Waals surface area (Å²) in [5.74, 6) is 0. The summed E-state index contributed by atoms with van der Waals surface area (Å²) in [7, 11) is 0. The van der Waals surface area contributed by atoms with Crippen LogP contribution in [0.15, 0.2) is 47.2 Å². The lowest BCUT2D eigenvalue weighted by Crippen LogP contribution is -2.23. The molecule has 0 spiro atoms. The van der Waals surface area contributed by atoms with Crippen LogP contribution in [-0.4, -0.2) is 11.5 Å². The summed E-state index contributed by atoms with van der Waals surface area (Å²) >= 11 is 9.71. The van der Waals surface area contributed by atoms with E-state index in [1.807, 2.05) is 12.1 Å². The molecule has 2 aromatic rings. The third-order valence-corrected chi connectivity index (χ3v) is 3.82. The Kier molecular flexibility index (Phi) is 5.37. The third kappa shape index (κ3) is 4.03. The lowest BCUT2D eigenvalue weighted by molar-refractivity contribution is 0.549. The molecule has 0 radical (unpaired) electrons. The smallest absolute Gasteiger partial charge is 0.0622 e. The van der Waals surface area contributed by atoms with Gasteiger partial charge in [0.05, 0.1) is 5.02 Å². The molecule has 1 aromatic heterocycles. The molecule has 2 rings (SSSR count). The van der Waals surface area contributed by atoms with Crippen molar-refractivity contribution in [2.75, 3.05) is 6.54 Å². The second kappa shape index (κ2) is 7.04. The molecule has 0 fully saturated rings. The number of likely N-dealkylation sites (N-methyl/N-ethyl adjacent to an activating group) is 1. The van der Waals surface area contributed by atoms with Crippen LogP contribution >= 0.6 is 27.5 Å². The zero-order valence-corrected chi connectivity index (χ0v) is 13.1. The molecule has 100 valence electrons. The van der Waals surface area contributed by atoms with E-state index in [0.29, 0.717) is 0 Å². The highest BCUT2D eigenvalue weighted by molar-refractivity contribution is 9.10. The van der Waals surface area contributed by atoms with E-state index in [9.17, 15) is 0 Å². The van der Waals surface area contributed by atoms with Crippen LogP contribution in [0.5, 0.6) is 0 Å². The van der Waals surface area contributed by atoms with E-state index in [4.69, 9.17) is 11.6 Å². The molecule has 1 unspecified atom stereocenters. The van der Waals surface area contributed by atoms with Crippen LogP contribution in [0.3, 0.4) is 0 Å². The molecule has 0 aliphatic heterocycles. The molecule has 1 aromatic carbocycles. The fourth-order valence-corrected chi connectivity index (χ4v) is 2.68. The molecule has 19 heavy (non-hydrogen) atoms. The monoisotopic (exact) mass is 338 g/mol. The van der Waals surface area contributed by atoms with Crippen LogP contribution in [0.1, 0.15) is 24.1 Å². The highest BCUT2D eigenvalue weighted by Gasteiger charge is 2.13. The first-order valence-electron chi connectivity index (χ1n) is 6.28. The zero-order valence-electron chi connectivity index (χ0n) is 10.7. The summed E-state index contributed by atoms with van der Waals surface area (Å²) in [5.41, 5.74) is 2.37. The van der Waals surface area contributed by atoms with E-state index in [2.05, 4.69) is 51.4 Å². The first-order valence-corrected chi connectivity index (χ1v) is 7.45. The first-order chi connectivity index (χ1) is 9.20. The minimum Gasteiger partial charge on any atom is -0.310 e. The van der Waals surface area contributed by atoms with Crippen molar-refractivity contribution in [1.82, 2.24) is 10.3 Å². The Hall–Kier alpha value is -0.900. The van der Waals surface area contributed by atoms with Gasteiger partial charge < -0.3 is 5.32 Å². The molecule has 0 saturated heterocycles. The van der Waals surface area contributed by atoms with E-state index in [1.165, 1.54) is 5.56 Å². The fourth-order valence-electron chi connectivity index (χ4n) is 2.07. The SMILES string of the molecule is CCNC(Cc1ccncc1Cl)c1cccc(Br)c1. The summed E-state index contributed by atoms with van der Waals surface area (Å²) in [4.78, 5) is 4.03. The molecular weight excluding hydrogens is 324 g/mol. The molecule has 0 aliphatic rings. The normalized spacial score (nSPS) is 12.4. The highest BCUT2D eigenvalue weighted by Crippen LogP contribution is 2.24. The van der Waals surface area contributed by atoms with Crippen molar-refractivity contribution in [3.05, 3.63) is 63.3 Å². The van der Waals surface area contributed by atoms with Gasteiger partial charge in [0, 0.05) is 22.9 Å². The average molecular weight is 340 g/mol. The van der Waals surface area contributed by atoms with Crippen molar-refractivity contribution < 1.29 is 0 Å². The summed E-state index contributed by atoms with van der Waals surface area (Å²) < 4.78 is 1.09. The van der Waals surface area contributed by atoms with Crippen LogP contribution in [-0.2, 0) is 6.42 Å². The van der Waals surface area contributed by atoms with E-state index >= 15 is 0 Å². The Balaban J connectivity index is 2.24. The fraction of sp³-hybridized carbons (Fsp3) is 0.267. The molecule has 0 amide bonds. The van der Waals surface area contributed by atoms with Gasteiger partial charge in [-0.3, -0.25) is 4.98 Å². The van der Waals surface area contributed by atoms with E-state index in [1.54, 1.807) is 12.4 Å². The van der Waals surface area contributed by atoms with Crippen molar-refractivity contribution in [1.29, 1.82) is 0 Å². The van der Waals surface area contributed by atoms with Crippen LogP contribution in [0.2, 0.25) is 5.02 Å². The first kappa shape index (κ1) is 14.5. The van der Waals surface area contributed by atoms with Crippen molar-refractivity contribution in [3.63, 3.8) is 0 Å². The average Bonchev–Trinajstić information content (AvgIpc) is 2.40. The van der Waals surface area contributed by atoms with Gasteiger partial charge in [-0.05, 0) is 42.3 Å². The number of hydrogen-bond donors (Lipinski definition) is 1. The Morgan fingerprint density at radius 2 is 2.21 bits per heavy atom. The summed E-state index contributed by atoms with van der Waals surface area (Å²) in [6, 6.07) is 10.6. The molecular formula is C15H16BrClN2. The Labute approximate surface area is 127 Å². The Bertz CT molecular complexity index is 545. The molecule has 2 nitrogen and oxygen atoms in total. The second-order valence-electron chi connectivity index (χ2n) is 4.34. The zero-order chi connectivity index (χ0) is 13.7. The predicted octanol–water partition coefficient (Wildman–Crippen LogP) is 4.39. The van der Waals surface area contributed by atoms with Gasteiger partial charge in [0.15, 0.2) is 0 Å². The van der Waals surface area contributed by atoms with Gasteiger partial charge in [0.1, 0.15) is 0 Å². The number of aromatic nitrogens is 1. The molecule has 0 bridgehead atoms.